The number of hydrogen-bond donors (Lipinski definition) is 0. The Morgan fingerprint density at radius 1 is 1.21 bits per heavy atom. The summed E-state index contributed by atoms with van der Waals surface area (Å²) in [7, 11) is 0. The Labute approximate surface area is 140 Å². The summed E-state index contributed by atoms with van der Waals surface area (Å²) in [6.45, 7) is 3.84. The molecule has 4 rings (SSSR count). The van der Waals surface area contributed by atoms with E-state index in [4.69, 9.17) is 4.42 Å². The number of rotatable bonds is 4. The van der Waals surface area contributed by atoms with Gasteiger partial charge in [-0.3, -0.25) is 14.9 Å². The van der Waals surface area contributed by atoms with Crippen molar-refractivity contribution in [3.05, 3.63) is 60.0 Å². The van der Waals surface area contributed by atoms with E-state index < -0.39 is 0 Å². The molecule has 6 nitrogen and oxygen atoms in total. The molecule has 24 heavy (non-hydrogen) atoms. The number of pyridine rings is 2. The predicted molar refractivity (Wildman–Crippen MR) is 88.9 cm³/mol. The van der Waals surface area contributed by atoms with Crippen LogP contribution < -0.4 is 0 Å². The Bertz CT molecular complexity index is 800. The van der Waals surface area contributed by atoms with Crippen molar-refractivity contribution in [2.75, 3.05) is 6.54 Å². The van der Waals surface area contributed by atoms with Crippen molar-refractivity contribution >= 4 is 0 Å². The summed E-state index contributed by atoms with van der Waals surface area (Å²) in [6.07, 6.45) is 7.65. The first-order valence-corrected chi connectivity index (χ1v) is 8.19. The molecule has 0 spiro atoms. The molecule has 1 saturated heterocycles. The summed E-state index contributed by atoms with van der Waals surface area (Å²) in [4.78, 5) is 10.9. The molecule has 1 fully saturated rings. The van der Waals surface area contributed by atoms with Crippen molar-refractivity contribution in [3.8, 4) is 11.5 Å². The summed E-state index contributed by atoms with van der Waals surface area (Å²) in [5.74, 6) is 1.22. The molecule has 1 aliphatic rings. The van der Waals surface area contributed by atoms with Gasteiger partial charge in [-0.1, -0.05) is 6.07 Å². The van der Waals surface area contributed by atoms with Crippen LogP contribution in [0.25, 0.3) is 11.5 Å². The van der Waals surface area contributed by atoms with E-state index in [1.807, 2.05) is 31.3 Å². The molecule has 0 aromatic carbocycles. The van der Waals surface area contributed by atoms with E-state index in [0.29, 0.717) is 11.8 Å². The summed E-state index contributed by atoms with van der Waals surface area (Å²) < 4.78 is 5.94. The van der Waals surface area contributed by atoms with E-state index in [1.165, 1.54) is 5.56 Å². The molecule has 6 heteroatoms. The van der Waals surface area contributed by atoms with Crippen molar-refractivity contribution in [3.63, 3.8) is 0 Å². The van der Waals surface area contributed by atoms with Gasteiger partial charge in [0.05, 0.1) is 11.6 Å². The van der Waals surface area contributed by atoms with Crippen LogP contribution in [0.2, 0.25) is 0 Å². The number of hydrogen-bond acceptors (Lipinski definition) is 6. The molecule has 3 aromatic rings. The minimum absolute atomic E-state index is 0.171. The normalized spacial score (nSPS) is 18.1. The van der Waals surface area contributed by atoms with Gasteiger partial charge < -0.3 is 4.42 Å². The van der Waals surface area contributed by atoms with Gasteiger partial charge in [0.15, 0.2) is 0 Å². The lowest BCUT2D eigenvalue weighted by Crippen LogP contribution is -2.23. The van der Waals surface area contributed by atoms with Crippen molar-refractivity contribution in [1.29, 1.82) is 0 Å². The van der Waals surface area contributed by atoms with Gasteiger partial charge >= 0.3 is 0 Å². The lowest BCUT2D eigenvalue weighted by molar-refractivity contribution is 0.215. The summed E-state index contributed by atoms with van der Waals surface area (Å²) in [6, 6.07) is 8.14. The van der Waals surface area contributed by atoms with Gasteiger partial charge in [0.1, 0.15) is 0 Å². The predicted octanol–water partition coefficient (Wildman–Crippen LogP) is 3.17. The molecule has 0 bridgehead atoms. The first kappa shape index (κ1) is 15.0. The van der Waals surface area contributed by atoms with Gasteiger partial charge in [0.2, 0.25) is 11.8 Å². The fourth-order valence-electron chi connectivity index (χ4n) is 3.10. The van der Waals surface area contributed by atoms with Crippen LogP contribution in [0.3, 0.4) is 0 Å². The Kier molecular flexibility index (Phi) is 4.04. The Balaban J connectivity index is 1.53. The average molecular weight is 321 g/mol. The van der Waals surface area contributed by atoms with E-state index in [1.54, 1.807) is 12.4 Å². The lowest BCUT2D eigenvalue weighted by atomic mass is 10.2. The molecular weight excluding hydrogens is 302 g/mol. The van der Waals surface area contributed by atoms with Gasteiger partial charge in [-0.25, -0.2) is 0 Å². The molecule has 3 aromatic heterocycles. The summed E-state index contributed by atoms with van der Waals surface area (Å²) in [5.41, 5.74) is 3.03. The molecule has 0 radical (unpaired) electrons. The van der Waals surface area contributed by atoms with Crippen molar-refractivity contribution in [2.24, 2.45) is 0 Å². The number of likely N-dealkylation sites (tertiary alicyclic amines) is 1. The third-order valence-electron chi connectivity index (χ3n) is 4.36. The molecule has 0 aliphatic carbocycles. The number of aromatic nitrogens is 4. The highest BCUT2D eigenvalue weighted by Crippen LogP contribution is 2.33. The van der Waals surface area contributed by atoms with Crippen LogP contribution in [0.5, 0.6) is 0 Å². The topological polar surface area (TPSA) is 67.9 Å². The molecular formula is C18H19N5O. The second-order valence-corrected chi connectivity index (χ2v) is 6.12. The largest absolute Gasteiger partial charge is 0.419 e. The molecule has 0 unspecified atom stereocenters. The zero-order valence-electron chi connectivity index (χ0n) is 13.6. The van der Waals surface area contributed by atoms with E-state index in [0.717, 1.165) is 37.2 Å². The maximum Gasteiger partial charge on any atom is 0.249 e. The summed E-state index contributed by atoms with van der Waals surface area (Å²) in [5, 5.41) is 8.49. The molecule has 0 saturated carbocycles. The maximum absolute atomic E-state index is 5.94. The zero-order chi connectivity index (χ0) is 16.4. The average Bonchev–Trinajstić information content (AvgIpc) is 3.25. The Morgan fingerprint density at radius 2 is 2.17 bits per heavy atom. The third-order valence-corrected chi connectivity index (χ3v) is 4.36. The van der Waals surface area contributed by atoms with Gasteiger partial charge in [-0.05, 0) is 50.1 Å². The highest BCUT2D eigenvalue weighted by molar-refractivity contribution is 5.50. The van der Waals surface area contributed by atoms with E-state index in [9.17, 15) is 0 Å². The number of aryl methyl sites for hydroxylation is 1. The number of nitrogens with zero attached hydrogens (tertiary/aromatic N) is 5. The van der Waals surface area contributed by atoms with E-state index >= 15 is 0 Å². The van der Waals surface area contributed by atoms with Crippen molar-refractivity contribution < 1.29 is 4.42 Å². The molecule has 0 amide bonds. The quantitative estimate of drug-likeness (QED) is 0.735. The fraction of sp³-hybridized carbons (Fsp3) is 0.333. The maximum atomic E-state index is 5.94. The van der Waals surface area contributed by atoms with Crippen LogP contribution in [-0.2, 0) is 6.54 Å². The van der Waals surface area contributed by atoms with Crippen LogP contribution in [0, 0.1) is 6.92 Å². The van der Waals surface area contributed by atoms with Crippen LogP contribution in [0.15, 0.2) is 47.3 Å². The molecule has 1 atom stereocenters. The summed E-state index contributed by atoms with van der Waals surface area (Å²) >= 11 is 0. The SMILES string of the molecule is Cc1ccc(-c2nnc([C@@H]3CCCN3Cc3cccnc3)o2)cn1. The van der Waals surface area contributed by atoms with Gasteiger partial charge in [0.25, 0.3) is 0 Å². The minimum Gasteiger partial charge on any atom is -0.419 e. The Hall–Kier alpha value is -2.60. The zero-order valence-corrected chi connectivity index (χ0v) is 13.6. The van der Waals surface area contributed by atoms with E-state index in [2.05, 4.69) is 31.1 Å². The third kappa shape index (κ3) is 3.05. The van der Waals surface area contributed by atoms with Gasteiger partial charge in [-0.15, -0.1) is 10.2 Å². The van der Waals surface area contributed by atoms with Crippen LogP contribution in [-0.4, -0.2) is 31.6 Å². The fourth-order valence-corrected chi connectivity index (χ4v) is 3.10. The highest BCUT2D eigenvalue weighted by Gasteiger charge is 2.30. The second kappa shape index (κ2) is 6.49. The van der Waals surface area contributed by atoms with Crippen molar-refractivity contribution in [1.82, 2.24) is 25.1 Å². The van der Waals surface area contributed by atoms with Crippen LogP contribution >= 0.6 is 0 Å². The van der Waals surface area contributed by atoms with Crippen LogP contribution in [0.1, 0.15) is 36.0 Å². The highest BCUT2D eigenvalue weighted by atomic mass is 16.4. The lowest BCUT2D eigenvalue weighted by Gasteiger charge is -2.21. The van der Waals surface area contributed by atoms with Gasteiger partial charge in [-0.2, -0.15) is 0 Å². The standard InChI is InChI=1S/C18H19N5O/c1-13-6-7-15(11-20-13)17-21-22-18(24-17)16-5-3-9-23(16)12-14-4-2-8-19-10-14/h2,4,6-8,10-11,16H,3,5,9,12H2,1H3/t16-/m0/s1. The molecule has 1 aliphatic heterocycles. The smallest absolute Gasteiger partial charge is 0.249 e. The minimum atomic E-state index is 0.171. The van der Waals surface area contributed by atoms with E-state index in [-0.39, 0.29) is 6.04 Å². The monoisotopic (exact) mass is 321 g/mol. The molecule has 122 valence electrons. The van der Waals surface area contributed by atoms with Crippen molar-refractivity contribution in [2.45, 2.75) is 32.4 Å². The second-order valence-electron chi connectivity index (χ2n) is 6.12. The molecule has 4 heterocycles. The van der Waals surface area contributed by atoms with Crippen LogP contribution in [0.4, 0.5) is 0 Å². The molecule has 0 N–H and O–H groups in total. The van der Waals surface area contributed by atoms with Gasteiger partial charge in [0, 0.05) is 30.8 Å². The Morgan fingerprint density at radius 3 is 2.96 bits per heavy atom. The first-order chi connectivity index (χ1) is 11.8. The first-order valence-electron chi connectivity index (χ1n) is 8.19.